The highest BCUT2D eigenvalue weighted by atomic mass is 19.1. The van der Waals surface area contributed by atoms with E-state index in [1.807, 2.05) is 30.3 Å². The maximum atomic E-state index is 13.5. The number of aromatic nitrogens is 4. The number of aliphatic hydroxyl groups is 3. The fourth-order valence-corrected chi connectivity index (χ4v) is 4.36. The van der Waals surface area contributed by atoms with Crippen LogP contribution in [0.5, 0.6) is 0 Å². The summed E-state index contributed by atoms with van der Waals surface area (Å²) >= 11 is 0. The lowest BCUT2D eigenvalue weighted by Gasteiger charge is -2.20. The first-order valence-corrected chi connectivity index (χ1v) is 11.1. The first kappa shape index (κ1) is 23.1. The summed E-state index contributed by atoms with van der Waals surface area (Å²) in [7, 11) is 0. The number of hydrogen-bond donors (Lipinski definition) is 5. The first-order valence-electron chi connectivity index (χ1n) is 11.1. The van der Waals surface area contributed by atoms with Gasteiger partial charge in [0.2, 0.25) is 5.95 Å². The molecule has 2 aromatic heterocycles. The maximum Gasteiger partial charge on any atom is 0.224 e. The number of nitrogen functional groups attached to an aromatic ring is 1. The van der Waals surface area contributed by atoms with Gasteiger partial charge in [0.05, 0.1) is 12.9 Å². The molecular formula is C24H25FN6O4. The van der Waals surface area contributed by atoms with E-state index in [1.54, 1.807) is 12.1 Å². The molecule has 0 bridgehead atoms. The summed E-state index contributed by atoms with van der Waals surface area (Å²) in [6.07, 6.45) is -3.09. The summed E-state index contributed by atoms with van der Waals surface area (Å²) in [5.74, 6) is -0.0765. The Balaban J connectivity index is 1.46. The van der Waals surface area contributed by atoms with Crippen LogP contribution in [0.3, 0.4) is 0 Å². The standard InChI is InChI=1S/C24H25FN6O4/c25-15-8-6-14(7-9-15)16(13-4-2-1-3-5-13)10-27-21-18-22(30-24(26)29-21)31(12-28-18)23-20(34)19(33)17(11-32)35-23/h1-9,12,16-17,19-20,23,32-34H,10-11H2,(H3,26,27,29,30)/t16?,17-,19?,20?,23-/m1/s1. The second kappa shape index (κ2) is 9.55. The van der Waals surface area contributed by atoms with Crippen LogP contribution in [0.25, 0.3) is 11.2 Å². The minimum absolute atomic E-state index is 0.0217. The van der Waals surface area contributed by atoms with Crippen LogP contribution in [0.4, 0.5) is 16.2 Å². The molecule has 4 aromatic rings. The van der Waals surface area contributed by atoms with Gasteiger partial charge in [0.15, 0.2) is 23.2 Å². The van der Waals surface area contributed by atoms with Crippen molar-refractivity contribution in [2.45, 2.75) is 30.5 Å². The average molecular weight is 481 g/mol. The van der Waals surface area contributed by atoms with Crippen molar-refractivity contribution in [1.82, 2.24) is 19.5 Å². The van der Waals surface area contributed by atoms with Gasteiger partial charge < -0.3 is 31.1 Å². The summed E-state index contributed by atoms with van der Waals surface area (Å²) in [5.41, 5.74) is 8.61. The van der Waals surface area contributed by atoms with E-state index in [-0.39, 0.29) is 17.7 Å². The van der Waals surface area contributed by atoms with Gasteiger partial charge in [-0.3, -0.25) is 4.57 Å². The zero-order valence-electron chi connectivity index (χ0n) is 18.6. The smallest absolute Gasteiger partial charge is 0.224 e. The van der Waals surface area contributed by atoms with Crippen molar-refractivity contribution in [1.29, 1.82) is 0 Å². The number of nitrogens with zero attached hydrogens (tertiary/aromatic N) is 4. The van der Waals surface area contributed by atoms with Gasteiger partial charge in [-0.1, -0.05) is 42.5 Å². The summed E-state index contributed by atoms with van der Waals surface area (Å²) in [6.45, 7) is -0.0442. The molecule has 5 atom stereocenters. The van der Waals surface area contributed by atoms with E-state index in [4.69, 9.17) is 10.5 Å². The lowest BCUT2D eigenvalue weighted by molar-refractivity contribution is -0.0511. The third-order valence-electron chi connectivity index (χ3n) is 6.18. The van der Waals surface area contributed by atoms with E-state index in [0.717, 1.165) is 11.1 Å². The van der Waals surface area contributed by atoms with Gasteiger partial charge in [-0.25, -0.2) is 9.37 Å². The van der Waals surface area contributed by atoms with Crippen LogP contribution in [0.15, 0.2) is 60.9 Å². The molecule has 10 nitrogen and oxygen atoms in total. The van der Waals surface area contributed by atoms with E-state index in [2.05, 4.69) is 20.3 Å². The predicted octanol–water partition coefficient (Wildman–Crippen LogP) is 1.40. The van der Waals surface area contributed by atoms with Crippen LogP contribution < -0.4 is 11.1 Å². The summed E-state index contributed by atoms with van der Waals surface area (Å²) < 4.78 is 20.6. The van der Waals surface area contributed by atoms with Crippen LogP contribution in [0.1, 0.15) is 23.3 Å². The quantitative estimate of drug-likeness (QED) is 0.264. The second-order valence-electron chi connectivity index (χ2n) is 8.38. The molecule has 0 aliphatic carbocycles. The van der Waals surface area contributed by atoms with E-state index in [0.29, 0.717) is 23.5 Å². The highest BCUT2D eigenvalue weighted by Crippen LogP contribution is 2.33. The first-order chi connectivity index (χ1) is 17.0. The Morgan fingerprint density at radius 3 is 2.43 bits per heavy atom. The van der Waals surface area contributed by atoms with Crippen molar-refractivity contribution in [2.75, 3.05) is 24.2 Å². The SMILES string of the molecule is Nc1nc(NCC(c2ccccc2)c2ccc(F)cc2)c2ncn([C@@H]3O[C@H](CO)C(O)C3O)c2n1. The Kier molecular flexibility index (Phi) is 6.31. The highest BCUT2D eigenvalue weighted by molar-refractivity contribution is 5.84. The normalized spacial score (nSPS) is 23.0. The molecular weight excluding hydrogens is 455 g/mol. The molecule has 3 heterocycles. The fourth-order valence-electron chi connectivity index (χ4n) is 4.36. The molecule has 0 radical (unpaired) electrons. The largest absolute Gasteiger partial charge is 0.394 e. The van der Waals surface area contributed by atoms with Crippen molar-refractivity contribution >= 4 is 22.9 Å². The lowest BCUT2D eigenvalue weighted by Crippen LogP contribution is -2.33. The highest BCUT2D eigenvalue weighted by Gasteiger charge is 2.44. The van der Waals surface area contributed by atoms with Crippen molar-refractivity contribution in [2.24, 2.45) is 0 Å². The molecule has 3 unspecified atom stereocenters. The Hall–Kier alpha value is -3.64. The Morgan fingerprint density at radius 2 is 1.74 bits per heavy atom. The number of nitrogens with one attached hydrogen (secondary N) is 1. The van der Waals surface area contributed by atoms with Crippen molar-refractivity contribution in [3.63, 3.8) is 0 Å². The topological polar surface area (TPSA) is 152 Å². The molecule has 2 aromatic carbocycles. The zero-order chi connectivity index (χ0) is 24.5. The fraction of sp³-hybridized carbons (Fsp3) is 0.292. The molecule has 1 aliphatic heterocycles. The average Bonchev–Trinajstić information content (AvgIpc) is 3.41. The minimum Gasteiger partial charge on any atom is -0.394 e. The Morgan fingerprint density at radius 1 is 1.03 bits per heavy atom. The molecule has 1 saturated heterocycles. The van der Waals surface area contributed by atoms with Crippen LogP contribution in [0.2, 0.25) is 0 Å². The number of nitrogens with two attached hydrogens (primary N) is 1. The molecule has 0 amide bonds. The number of aliphatic hydroxyl groups excluding tert-OH is 3. The predicted molar refractivity (Wildman–Crippen MR) is 126 cm³/mol. The van der Waals surface area contributed by atoms with Gasteiger partial charge in [0, 0.05) is 12.5 Å². The number of anilines is 2. The van der Waals surface area contributed by atoms with Crippen LogP contribution >= 0.6 is 0 Å². The molecule has 6 N–H and O–H groups in total. The number of imidazole rings is 1. The summed E-state index contributed by atoms with van der Waals surface area (Å²) in [5, 5.41) is 33.2. The van der Waals surface area contributed by atoms with Crippen molar-refractivity contribution in [3.05, 3.63) is 77.9 Å². The lowest BCUT2D eigenvalue weighted by atomic mass is 9.91. The van der Waals surface area contributed by atoms with Gasteiger partial charge in [-0.2, -0.15) is 9.97 Å². The molecule has 1 aliphatic rings. The number of rotatable bonds is 7. The third kappa shape index (κ3) is 4.42. The van der Waals surface area contributed by atoms with Crippen LogP contribution in [-0.2, 0) is 4.74 Å². The van der Waals surface area contributed by atoms with Crippen LogP contribution in [0, 0.1) is 5.82 Å². The van der Waals surface area contributed by atoms with E-state index < -0.39 is 31.1 Å². The van der Waals surface area contributed by atoms with Gasteiger partial charge in [0.25, 0.3) is 0 Å². The third-order valence-corrected chi connectivity index (χ3v) is 6.18. The molecule has 0 saturated carbocycles. The van der Waals surface area contributed by atoms with Crippen LogP contribution in [-0.4, -0.2) is 66.3 Å². The molecule has 0 spiro atoms. The summed E-state index contributed by atoms with van der Waals surface area (Å²) in [4.78, 5) is 12.9. The number of hydrogen-bond acceptors (Lipinski definition) is 9. The molecule has 35 heavy (non-hydrogen) atoms. The number of halogens is 1. The molecule has 11 heteroatoms. The monoisotopic (exact) mass is 480 g/mol. The van der Waals surface area contributed by atoms with E-state index in [9.17, 15) is 19.7 Å². The minimum atomic E-state index is -1.29. The van der Waals surface area contributed by atoms with Crippen molar-refractivity contribution < 1.29 is 24.4 Å². The Bertz CT molecular complexity index is 1300. The molecule has 5 rings (SSSR count). The van der Waals surface area contributed by atoms with Gasteiger partial charge >= 0.3 is 0 Å². The molecule has 1 fully saturated rings. The second-order valence-corrected chi connectivity index (χ2v) is 8.38. The van der Waals surface area contributed by atoms with Gasteiger partial charge in [-0.15, -0.1) is 0 Å². The molecule has 182 valence electrons. The van der Waals surface area contributed by atoms with Gasteiger partial charge in [0.1, 0.15) is 24.1 Å². The zero-order valence-corrected chi connectivity index (χ0v) is 18.6. The van der Waals surface area contributed by atoms with Gasteiger partial charge in [-0.05, 0) is 23.3 Å². The Labute approximate surface area is 199 Å². The maximum absolute atomic E-state index is 13.5. The summed E-state index contributed by atoms with van der Waals surface area (Å²) in [6, 6.07) is 16.1. The number of ether oxygens (including phenoxy) is 1. The van der Waals surface area contributed by atoms with E-state index in [1.165, 1.54) is 23.0 Å². The number of fused-ring (bicyclic) bond motifs is 1. The van der Waals surface area contributed by atoms with E-state index >= 15 is 0 Å². The number of benzene rings is 2. The van der Waals surface area contributed by atoms with Crippen molar-refractivity contribution in [3.8, 4) is 0 Å².